The minimum absolute atomic E-state index is 0.491. The SMILES string of the molecule is Cc1ccc(/C(N)=[NH+]/N)cc1. The molecule has 5 N–H and O–H groups in total. The van der Waals surface area contributed by atoms with Crippen molar-refractivity contribution in [2.24, 2.45) is 11.6 Å². The second-order valence-electron chi connectivity index (χ2n) is 2.42. The Hall–Kier alpha value is -1.51. The van der Waals surface area contributed by atoms with Gasteiger partial charge in [0.05, 0.1) is 5.56 Å². The normalized spacial score (nSPS) is 11.5. The maximum atomic E-state index is 5.52. The fraction of sp³-hybridized carbons (Fsp3) is 0.125. The fourth-order valence-corrected chi connectivity index (χ4v) is 0.816. The zero-order valence-electron chi connectivity index (χ0n) is 6.46. The van der Waals surface area contributed by atoms with Crippen LogP contribution in [0.3, 0.4) is 0 Å². The van der Waals surface area contributed by atoms with E-state index in [0.29, 0.717) is 5.84 Å². The van der Waals surface area contributed by atoms with Crippen molar-refractivity contribution in [3.8, 4) is 0 Å². The van der Waals surface area contributed by atoms with E-state index in [2.05, 4.69) is 5.10 Å². The van der Waals surface area contributed by atoms with Gasteiger partial charge in [0.1, 0.15) is 0 Å². The summed E-state index contributed by atoms with van der Waals surface area (Å²) in [5, 5.41) is 2.40. The number of nitrogen functional groups attached to an aromatic ring is 1. The maximum absolute atomic E-state index is 5.52. The lowest BCUT2D eigenvalue weighted by Crippen LogP contribution is -2.82. The molecule has 0 bridgehead atoms. The summed E-state index contributed by atoms with van der Waals surface area (Å²) in [5.74, 6) is 5.62. The van der Waals surface area contributed by atoms with Gasteiger partial charge in [0, 0.05) is 0 Å². The Balaban J connectivity index is 2.99. The smallest absolute Gasteiger partial charge is 0.285 e. The van der Waals surface area contributed by atoms with Gasteiger partial charge in [0.25, 0.3) is 5.84 Å². The van der Waals surface area contributed by atoms with Crippen molar-refractivity contribution in [1.29, 1.82) is 0 Å². The van der Waals surface area contributed by atoms with Crippen LogP contribution in [0.2, 0.25) is 0 Å². The molecule has 0 radical (unpaired) electrons. The largest absolute Gasteiger partial charge is 0.295 e. The van der Waals surface area contributed by atoms with Gasteiger partial charge in [-0.25, -0.2) is 0 Å². The second kappa shape index (κ2) is 3.05. The standard InChI is InChI=1S/C8H11N3/c1-6-2-4-7(5-3-6)8(9)11-10/h2-5H,10H2,1H3,(H2,9,11)/p+1. The van der Waals surface area contributed by atoms with Gasteiger partial charge in [0.15, 0.2) is 0 Å². The van der Waals surface area contributed by atoms with Crippen molar-refractivity contribution >= 4 is 5.84 Å². The number of benzene rings is 1. The van der Waals surface area contributed by atoms with Crippen molar-refractivity contribution < 1.29 is 5.10 Å². The molecule has 1 aromatic rings. The Morgan fingerprint density at radius 2 is 1.82 bits per heavy atom. The van der Waals surface area contributed by atoms with E-state index in [1.54, 1.807) is 0 Å². The Morgan fingerprint density at radius 3 is 2.27 bits per heavy atom. The number of nitrogens with one attached hydrogen (secondary N) is 1. The average Bonchev–Trinajstić information content (AvgIpc) is 2.05. The first-order chi connectivity index (χ1) is 5.24. The topological polar surface area (TPSA) is 66.0 Å². The Kier molecular flexibility index (Phi) is 2.11. The number of hydrogen-bond acceptors (Lipinski definition) is 1. The number of amidine groups is 1. The van der Waals surface area contributed by atoms with Gasteiger partial charge in [-0.05, 0) is 19.1 Å². The van der Waals surface area contributed by atoms with Crippen LogP contribution < -0.4 is 16.7 Å². The monoisotopic (exact) mass is 150 g/mol. The zero-order valence-corrected chi connectivity index (χ0v) is 6.46. The van der Waals surface area contributed by atoms with Gasteiger partial charge < -0.3 is 0 Å². The third-order valence-corrected chi connectivity index (χ3v) is 1.52. The van der Waals surface area contributed by atoms with E-state index in [1.807, 2.05) is 31.2 Å². The number of nitrogens with two attached hydrogens (primary N) is 2. The first-order valence-electron chi connectivity index (χ1n) is 3.40. The lowest BCUT2D eigenvalue weighted by atomic mass is 10.1. The summed E-state index contributed by atoms with van der Waals surface area (Å²) in [7, 11) is 0. The van der Waals surface area contributed by atoms with Crippen molar-refractivity contribution in [1.82, 2.24) is 0 Å². The van der Waals surface area contributed by atoms with E-state index >= 15 is 0 Å². The van der Waals surface area contributed by atoms with E-state index in [-0.39, 0.29) is 0 Å². The molecule has 0 aliphatic heterocycles. The van der Waals surface area contributed by atoms with E-state index in [0.717, 1.165) is 5.56 Å². The predicted molar refractivity (Wildman–Crippen MR) is 44.6 cm³/mol. The van der Waals surface area contributed by atoms with Crippen LogP contribution >= 0.6 is 0 Å². The summed E-state index contributed by atoms with van der Waals surface area (Å²) in [6.07, 6.45) is 0. The van der Waals surface area contributed by atoms with Crippen molar-refractivity contribution in [2.45, 2.75) is 6.92 Å². The van der Waals surface area contributed by atoms with Crippen LogP contribution in [-0.4, -0.2) is 5.84 Å². The molecular formula is C8H12N3+. The summed E-state index contributed by atoms with van der Waals surface area (Å²) in [4.78, 5) is 0. The van der Waals surface area contributed by atoms with Crippen LogP contribution in [0.5, 0.6) is 0 Å². The molecular weight excluding hydrogens is 138 g/mol. The molecule has 0 unspecified atom stereocenters. The third kappa shape index (κ3) is 1.70. The molecule has 3 nitrogen and oxygen atoms in total. The van der Waals surface area contributed by atoms with Crippen LogP contribution in [0.25, 0.3) is 0 Å². The quantitative estimate of drug-likeness (QED) is 0.201. The minimum atomic E-state index is 0.491. The molecule has 1 rings (SSSR count). The summed E-state index contributed by atoms with van der Waals surface area (Å²) < 4.78 is 0. The highest BCUT2D eigenvalue weighted by Gasteiger charge is 2.00. The molecule has 11 heavy (non-hydrogen) atoms. The van der Waals surface area contributed by atoms with E-state index < -0.39 is 0 Å². The molecule has 0 atom stereocenters. The van der Waals surface area contributed by atoms with Gasteiger partial charge in [-0.1, -0.05) is 17.7 Å². The molecule has 0 saturated heterocycles. The van der Waals surface area contributed by atoms with Crippen molar-refractivity contribution in [3.63, 3.8) is 0 Å². The van der Waals surface area contributed by atoms with Gasteiger partial charge in [-0.2, -0.15) is 5.10 Å². The predicted octanol–water partition coefficient (Wildman–Crippen LogP) is -1.35. The Bertz CT molecular complexity index is 261. The molecule has 0 heterocycles. The van der Waals surface area contributed by atoms with E-state index in [9.17, 15) is 0 Å². The number of rotatable bonds is 1. The molecule has 0 amide bonds. The van der Waals surface area contributed by atoms with Crippen LogP contribution in [-0.2, 0) is 0 Å². The summed E-state index contributed by atoms with van der Waals surface area (Å²) >= 11 is 0. The van der Waals surface area contributed by atoms with E-state index in [4.69, 9.17) is 11.6 Å². The lowest BCUT2D eigenvalue weighted by Gasteiger charge is -1.94. The highest BCUT2D eigenvalue weighted by molar-refractivity contribution is 5.92. The Morgan fingerprint density at radius 1 is 1.27 bits per heavy atom. The first kappa shape index (κ1) is 7.60. The van der Waals surface area contributed by atoms with E-state index in [1.165, 1.54) is 5.56 Å². The third-order valence-electron chi connectivity index (χ3n) is 1.52. The molecule has 0 aromatic heterocycles. The maximum Gasteiger partial charge on any atom is 0.295 e. The van der Waals surface area contributed by atoms with Gasteiger partial charge in [0.2, 0.25) is 0 Å². The summed E-state index contributed by atoms with van der Waals surface area (Å²) in [6.45, 7) is 2.02. The number of aryl methyl sites for hydroxylation is 1. The molecule has 3 heteroatoms. The zero-order chi connectivity index (χ0) is 8.27. The highest BCUT2D eigenvalue weighted by Crippen LogP contribution is 2.00. The van der Waals surface area contributed by atoms with Crippen LogP contribution in [0.15, 0.2) is 24.3 Å². The average molecular weight is 150 g/mol. The minimum Gasteiger partial charge on any atom is -0.285 e. The molecule has 0 spiro atoms. The number of hydrogen-bond donors (Lipinski definition) is 3. The number of hydrazone groups is 1. The van der Waals surface area contributed by atoms with Crippen molar-refractivity contribution in [3.05, 3.63) is 35.4 Å². The summed E-state index contributed by atoms with van der Waals surface area (Å²) in [5.41, 5.74) is 7.65. The molecule has 0 saturated carbocycles. The lowest BCUT2D eigenvalue weighted by molar-refractivity contribution is -0.469. The molecule has 1 aromatic carbocycles. The molecule has 0 aliphatic carbocycles. The van der Waals surface area contributed by atoms with Gasteiger partial charge in [-0.15, -0.1) is 0 Å². The molecule has 0 fully saturated rings. The molecule has 58 valence electrons. The van der Waals surface area contributed by atoms with Crippen LogP contribution in [0.1, 0.15) is 11.1 Å². The van der Waals surface area contributed by atoms with Crippen LogP contribution in [0.4, 0.5) is 0 Å². The first-order valence-corrected chi connectivity index (χ1v) is 3.40. The summed E-state index contributed by atoms with van der Waals surface area (Å²) in [6, 6.07) is 7.81. The molecule has 0 aliphatic rings. The Labute approximate surface area is 65.7 Å². The van der Waals surface area contributed by atoms with Gasteiger partial charge in [-0.3, -0.25) is 11.6 Å². The van der Waals surface area contributed by atoms with Gasteiger partial charge >= 0.3 is 0 Å². The van der Waals surface area contributed by atoms with Crippen LogP contribution in [0, 0.1) is 6.92 Å². The van der Waals surface area contributed by atoms with Crippen molar-refractivity contribution in [2.75, 3.05) is 0 Å². The highest BCUT2D eigenvalue weighted by atomic mass is 15.1. The fourth-order valence-electron chi connectivity index (χ4n) is 0.816. The number of hydrazine groups is 1. The second-order valence-corrected chi connectivity index (χ2v) is 2.42.